The molecule has 0 aliphatic carbocycles. The zero-order valence-electron chi connectivity index (χ0n) is 15.8. The highest BCUT2D eigenvalue weighted by atomic mass is 32.1. The van der Waals surface area contributed by atoms with E-state index in [1.165, 1.54) is 0 Å². The van der Waals surface area contributed by atoms with Crippen molar-refractivity contribution in [3.05, 3.63) is 59.7 Å². The summed E-state index contributed by atoms with van der Waals surface area (Å²) in [5.41, 5.74) is 1.51. The van der Waals surface area contributed by atoms with Gasteiger partial charge < -0.3 is 14.8 Å². The van der Waals surface area contributed by atoms with E-state index in [1.807, 2.05) is 36.4 Å². The van der Waals surface area contributed by atoms with E-state index in [9.17, 15) is 4.79 Å². The first-order valence-electron chi connectivity index (χ1n) is 9.08. The van der Waals surface area contributed by atoms with Crippen LogP contribution >= 0.6 is 12.2 Å². The quantitative estimate of drug-likeness (QED) is 0.503. The molecule has 0 spiro atoms. The molecule has 1 amide bonds. The Morgan fingerprint density at radius 1 is 1.07 bits per heavy atom. The van der Waals surface area contributed by atoms with E-state index in [0.29, 0.717) is 24.5 Å². The summed E-state index contributed by atoms with van der Waals surface area (Å²) in [6, 6.07) is 14.8. The van der Waals surface area contributed by atoms with Crippen molar-refractivity contribution in [1.82, 2.24) is 10.6 Å². The number of hydrogen-bond donors (Lipinski definition) is 2. The number of benzene rings is 2. The van der Waals surface area contributed by atoms with Crippen molar-refractivity contribution in [2.75, 3.05) is 13.7 Å². The summed E-state index contributed by atoms with van der Waals surface area (Å²) in [6.45, 7) is 3.25. The lowest BCUT2D eigenvalue weighted by molar-refractivity contribution is 0.0972. The maximum Gasteiger partial charge on any atom is 0.261 e. The van der Waals surface area contributed by atoms with Crippen molar-refractivity contribution in [3.63, 3.8) is 0 Å². The molecule has 2 aromatic rings. The lowest BCUT2D eigenvalue weighted by atomic mass is 10.2. The second kappa shape index (κ2) is 11.2. The van der Waals surface area contributed by atoms with Crippen LogP contribution in [-0.2, 0) is 6.54 Å². The average molecular weight is 387 g/mol. The van der Waals surface area contributed by atoms with Crippen LogP contribution in [0, 0.1) is 0 Å². The number of thiocarbonyl (C=S) groups is 1. The molecule has 2 N–H and O–H groups in total. The van der Waals surface area contributed by atoms with Gasteiger partial charge in [-0.1, -0.05) is 44.0 Å². The van der Waals surface area contributed by atoms with Gasteiger partial charge in [0.1, 0.15) is 11.5 Å². The van der Waals surface area contributed by atoms with Crippen molar-refractivity contribution in [3.8, 4) is 11.5 Å². The van der Waals surface area contributed by atoms with E-state index in [0.717, 1.165) is 30.6 Å². The number of amides is 1. The van der Waals surface area contributed by atoms with Crippen LogP contribution in [-0.4, -0.2) is 24.7 Å². The Morgan fingerprint density at radius 2 is 1.81 bits per heavy atom. The van der Waals surface area contributed by atoms with Gasteiger partial charge in [-0.05, 0) is 48.5 Å². The minimum absolute atomic E-state index is 0.275. The van der Waals surface area contributed by atoms with Crippen molar-refractivity contribution >= 4 is 23.2 Å². The zero-order valence-corrected chi connectivity index (χ0v) is 16.6. The van der Waals surface area contributed by atoms with Gasteiger partial charge in [-0.25, -0.2) is 0 Å². The standard InChI is InChI=1S/C21H26N2O3S/c1-3-4-7-14-26-19-9-6-5-8-18(19)20(24)23-21(27)22-15-16-10-12-17(25-2)13-11-16/h5-6,8-13H,3-4,7,14-15H2,1-2H3,(H2,22,23,24,27). The first-order valence-corrected chi connectivity index (χ1v) is 9.48. The molecule has 27 heavy (non-hydrogen) atoms. The Bertz CT molecular complexity index is 747. The van der Waals surface area contributed by atoms with E-state index in [1.54, 1.807) is 19.2 Å². The number of ether oxygens (including phenoxy) is 2. The van der Waals surface area contributed by atoms with E-state index in [4.69, 9.17) is 21.7 Å². The molecule has 5 nitrogen and oxygen atoms in total. The third-order valence-corrected chi connectivity index (χ3v) is 4.22. The molecule has 0 radical (unpaired) electrons. The highest BCUT2D eigenvalue weighted by molar-refractivity contribution is 7.80. The van der Waals surface area contributed by atoms with Crippen LogP contribution in [0.5, 0.6) is 11.5 Å². The Hall–Kier alpha value is -2.60. The minimum atomic E-state index is -0.284. The van der Waals surface area contributed by atoms with Crippen molar-refractivity contribution in [2.45, 2.75) is 32.7 Å². The molecule has 6 heteroatoms. The molecule has 0 saturated carbocycles. The van der Waals surface area contributed by atoms with Gasteiger partial charge in [-0.15, -0.1) is 0 Å². The van der Waals surface area contributed by atoms with Crippen LogP contribution in [0.25, 0.3) is 0 Å². The number of rotatable bonds is 9. The van der Waals surface area contributed by atoms with Gasteiger partial charge in [0.25, 0.3) is 5.91 Å². The number of hydrogen-bond acceptors (Lipinski definition) is 4. The van der Waals surface area contributed by atoms with Crippen molar-refractivity contribution < 1.29 is 14.3 Å². The smallest absolute Gasteiger partial charge is 0.261 e. The molecule has 0 saturated heterocycles. The van der Waals surface area contributed by atoms with Gasteiger partial charge in [0.2, 0.25) is 0 Å². The molecule has 0 unspecified atom stereocenters. The van der Waals surface area contributed by atoms with E-state index < -0.39 is 0 Å². The Balaban J connectivity index is 1.87. The van der Waals surface area contributed by atoms with Gasteiger partial charge >= 0.3 is 0 Å². The molecule has 0 aromatic heterocycles. The Kier molecular flexibility index (Phi) is 8.58. The second-order valence-electron chi connectivity index (χ2n) is 6.04. The molecular weight excluding hydrogens is 360 g/mol. The molecule has 144 valence electrons. The van der Waals surface area contributed by atoms with Gasteiger partial charge in [-0.2, -0.15) is 0 Å². The van der Waals surface area contributed by atoms with E-state index >= 15 is 0 Å². The molecular formula is C21H26N2O3S. The predicted molar refractivity (Wildman–Crippen MR) is 111 cm³/mol. The van der Waals surface area contributed by atoms with Crippen LogP contribution in [0.3, 0.4) is 0 Å². The van der Waals surface area contributed by atoms with Gasteiger partial charge in [0, 0.05) is 6.54 Å². The maximum atomic E-state index is 12.5. The summed E-state index contributed by atoms with van der Waals surface area (Å²) in [6.07, 6.45) is 3.20. The van der Waals surface area contributed by atoms with Gasteiger partial charge in [-0.3, -0.25) is 10.1 Å². The molecule has 0 bridgehead atoms. The maximum absolute atomic E-state index is 12.5. The number of carbonyl (C=O) groups excluding carboxylic acids is 1. The van der Waals surface area contributed by atoms with Gasteiger partial charge in [0.05, 0.1) is 19.3 Å². The highest BCUT2D eigenvalue weighted by Gasteiger charge is 2.13. The monoisotopic (exact) mass is 386 g/mol. The summed E-state index contributed by atoms with van der Waals surface area (Å²) in [5.74, 6) is 1.09. The van der Waals surface area contributed by atoms with Gasteiger partial charge in [0.15, 0.2) is 5.11 Å². The van der Waals surface area contributed by atoms with Crippen molar-refractivity contribution in [2.24, 2.45) is 0 Å². The SMILES string of the molecule is CCCCCOc1ccccc1C(=O)NC(=S)NCc1ccc(OC)cc1. The largest absolute Gasteiger partial charge is 0.497 e. The third kappa shape index (κ3) is 6.90. The summed E-state index contributed by atoms with van der Waals surface area (Å²) in [7, 11) is 1.63. The average Bonchev–Trinajstić information content (AvgIpc) is 2.70. The van der Waals surface area contributed by atoms with Crippen molar-refractivity contribution in [1.29, 1.82) is 0 Å². The first-order chi connectivity index (χ1) is 13.1. The normalized spacial score (nSPS) is 10.1. The lowest BCUT2D eigenvalue weighted by Crippen LogP contribution is -2.39. The summed E-state index contributed by atoms with van der Waals surface area (Å²) >= 11 is 5.23. The number of para-hydroxylation sites is 1. The van der Waals surface area contributed by atoms with E-state index in [-0.39, 0.29) is 11.0 Å². The van der Waals surface area contributed by atoms with Crippen LogP contribution in [0.4, 0.5) is 0 Å². The number of carbonyl (C=O) groups is 1. The van der Waals surface area contributed by atoms with Crippen LogP contribution in [0.1, 0.15) is 42.1 Å². The fourth-order valence-electron chi connectivity index (χ4n) is 2.45. The second-order valence-corrected chi connectivity index (χ2v) is 6.44. The number of unbranched alkanes of at least 4 members (excludes halogenated alkanes) is 2. The highest BCUT2D eigenvalue weighted by Crippen LogP contribution is 2.18. The molecule has 0 aliphatic heterocycles. The number of nitrogens with one attached hydrogen (secondary N) is 2. The summed E-state index contributed by atoms with van der Waals surface area (Å²) in [4.78, 5) is 12.5. The fraction of sp³-hybridized carbons (Fsp3) is 0.333. The molecule has 2 rings (SSSR count). The minimum Gasteiger partial charge on any atom is -0.497 e. The summed E-state index contributed by atoms with van der Waals surface area (Å²) < 4.78 is 10.9. The van der Waals surface area contributed by atoms with E-state index in [2.05, 4.69) is 17.6 Å². The molecule has 0 aliphatic rings. The fourth-order valence-corrected chi connectivity index (χ4v) is 2.62. The zero-order chi connectivity index (χ0) is 19.5. The molecule has 0 heterocycles. The Labute approximate surface area is 166 Å². The molecule has 2 aromatic carbocycles. The topological polar surface area (TPSA) is 59.6 Å². The summed E-state index contributed by atoms with van der Waals surface area (Å²) in [5, 5.41) is 6.02. The molecule has 0 fully saturated rings. The third-order valence-electron chi connectivity index (χ3n) is 3.98. The first kappa shape index (κ1) is 20.7. The lowest BCUT2D eigenvalue weighted by Gasteiger charge is -2.13. The predicted octanol–water partition coefficient (Wildman–Crippen LogP) is 4.07. The Morgan fingerprint density at radius 3 is 2.52 bits per heavy atom. The van der Waals surface area contributed by atoms with Crippen LogP contribution < -0.4 is 20.1 Å². The van der Waals surface area contributed by atoms with Crippen LogP contribution in [0.15, 0.2) is 48.5 Å². The molecule has 0 atom stereocenters. The number of methoxy groups -OCH3 is 1. The van der Waals surface area contributed by atoms with Crippen LogP contribution in [0.2, 0.25) is 0 Å².